The van der Waals surface area contributed by atoms with Crippen molar-refractivity contribution >= 4 is 23.0 Å². The molecule has 0 saturated carbocycles. The summed E-state index contributed by atoms with van der Waals surface area (Å²) in [4.78, 5) is 31.8. The Hall–Kier alpha value is -4.51. The highest BCUT2D eigenvalue weighted by Gasteiger charge is 2.47. The lowest BCUT2D eigenvalue weighted by atomic mass is 9.93. The smallest absolute Gasteiger partial charge is 0.269 e. The molecule has 0 spiro atoms. The molecule has 0 fully saturated rings. The van der Waals surface area contributed by atoms with E-state index in [1.165, 1.54) is 12.1 Å². The number of nitro groups is 1. The first kappa shape index (κ1) is 19.5. The predicted molar refractivity (Wildman–Crippen MR) is 118 cm³/mol. The van der Waals surface area contributed by atoms with Crippen LogP contribution >= 0.6 is 0 Å². The standard InChI is InChI=1S/C24H17N5O3/c25-13-17-12-22-23(28(24(17)30)18-7-9-19(10-8-18)29(31)32)20-5-1-2-6-21(20)27(22)15-16-4-3-11-26-14-16/h1-12,14,22-23H,15H2. The number of carbonyl (C=O) groups excluding carboxylic acids is 1. The fourth-order valence-corrected chi connectivity index (χ4v) is 4.46. The summed E-state index contributed by atoms with van der Waals surface area (Å²) >= 11 is 0. The third-order valence-corrected chi connectivity index (χ3v) is 5.85. The van der Waals surface area contributed by atoms with E-state index in [2.05, 4.69) is 9.88 Å². The molecule has 0 aliphatic carbocycles. The van der Waals surface area contributed by atoms with Gasteiger partial charge < -0.3 is 4.90 Å². The second-order valence-electron chi connectivity index (χ2n) is 7.62. The van der Waals surface area contributed by atoms with E-state index < -0.39 is 10.8 Å². The normalized spacial score (nSPS) is 19.1. The molecule has 8 heteroatoms. The molecule has 3 heterocycles. The number of non-ortho nitro benzene ring substituents is 1. The molecule has 3 aromatic rings. The SMILES string of the molecule is N#CC1=CC2C(c3ccccc3N2Cc2cccnc2)N(c2ccc([N+](=O)[O-])cc2)C1=O. The predicted octanol–water partition coefficient (Wildman–Crippen LogP) is 3.92. The van der Waals surface area contributed by atoms with Crippen LogP contribution in [0.15, 0.2) is 84.7 Å². The lowest BCUT2D eigenvalue weighted by molar-refractivity contribution is -0.384. The quantitative estimate of drug-likeness (QED) is 0.465. The maximum Gasteiger partial charge on any atom is 0.269 e. The number of fused-ring (bicyclic) bond motifs is 3. The second-order valence-corrected chi connectivity index (χ2v) is 7.62. The molecule has 156 valence electrons. The third-order valence-electron chi connectivity index (χ3n) is 5.85. The Morgan fingerprint density at radius 1 is 1.09 bits per heavy atom. The highest BCUT2D eigenvalue weighted by Crippen LogP contribution is 2.48. The number of hydrogen-bond acceptors (Lipinski definition) is 6. The van der Waals surface area contributed by atoms with Crippen LogP contribution in [-0.2, 0) is 11.3 Å². The summed E-state index contributed by atoms with van der Waals surface area (Å²) in [6, 6.07) is 19.0. The largest absolute Gasteiger partial charge is 0.358 e. The van der Waals surface area contributed by atoms with Gasteiger partial charge in [0.15, 0.2) is 0 Å². The van der Waals surface area contributed by atoms with Crippen molar-refractivity contribution < 1.29 is 9.72 Å². The monoisotopic (exact) mass is 423 g/mol. The van der Waals surface area contributed by atoms with E-state index in [0.29, 0.717) is 12.2 Å². The van der Waals surface area contributed by atoms with Crippen molar-refractivity contribution in [2.24, 2.45) is 0 Å². The molecule has 8 nitrogen and oxygen atoms in total. The van der Waals surface area contributed by atoms with Crippen molar-refractivity contribution in [1.82, 2.24) is 4.98 Å². The number of aromatic nitrogens is 1. The van der Waals surface area contributed by atoms with Crippen molar-refractivity contribution in [3.63, 3.8) is 0 Å². The van der Waals surface area contributed by atoms with Gasteiger partial charge in [-0.1, -0.05) is 24.3 Å². The zero-order valence-electron chi connectivity index (χ0n) is 16.8. The first-order chi connectivity index (χ1) is 15.6. The van der Waals surface area contributed by atoms with Crippen LogP contribution in [-0.4, -0.2) is 21.9 Å². The minimum Gasteiger partial charge on any atom is -0.358 e. The Morgan fingerprint density at radius 3 is 2.56 bits per heavy atom. The van der Waals surface area contributed by atoms with Gasteiger partial charge in [0.2, 0.25) is 0 Å². The maximum atomic E-state index is 13.3. The topological polar surface area (TPSA) is 103 Å². The summed E-state index contributed by atoms with van der Waals surface area (Å²) in [5, 5.41) is 20.7. The number of nitriles is 1. The molecule has 0 bridgehead atoms. The molecular formula is C24H17N5O3. The Bertz CT molecular complexity index is 1280. The van der Waals surface area contributed by atoms with Crippen LogP contribution in [0.1, 0.15) is 17.2 Å². The maximum absolute atomic E-state index is 13.3. The molecule has 0 saturated heterocycles. The number of anilines is 2. The molecule has 2 aliphatic rings. The molecule has 0 radical (unpaired) electrons. The van der Waals surface area contributed by atoms with Crippen molar-refractivity contribution in [2.75, 3.05) is 9.80 Å². The molecule has 0 N–H and O–H groups in total. The van der Waals surface area contributed by atoms with Crippen LogP contribution in [0.4, 0.5) is 17.1 Å². The lowest BCUT2D eigenvalue weighted by Crippen LogP contribution is -2.47. The summed E-state index contributed by atoms with van der Waals surface area (Å²) < 4.78 is 0. The number of para-hydroxylation sites is 1. The Labute approximate surface area is 183 Å². The Morgan fingerprint density at radius 2 is 1.88 bits per heavy atom. The number of carbonyl (C=O) groups is 1. The Balaban J connectivity index is 1.64. The van der Waals surface area contributed by atoms with Crippen molar-refractivity contribution in [3.8, 4) is 6.07 Å². The van der Waals surface area contributed by atoms with Gasteiger partial charge in [0.25, 0.3) is 11.6 Å². The van der Waals surface area contributed by atoms with E-state index in [0.717, 1.165) is 16.8 Å². The molecule has 2 unspecified atom stereocenters. The van der Waals surface area contributed by atoms with Gasteiger partial charge in [-0.3, -0.25) is 24.8 Å². The molecule has 32 heavy (non-hydrogen) atoms. The summed E-state index contributed by atoms with van der Waals surface area (Å²) in [6.07, 6.45) is 5.24. The molecule has 1 aromatic heterocycles. The van der Waals surface area contributed by atoms with E-state index in [1.54, 1.807) is 35.5 Å². The number of hydrogen-bond donors (Lipinski definition) is 0. The van der Waals surface area contributed by atoms with Gasteiger partial charge in [-0.15, -0.1) is 0 Å². The van der Waals surface area contributed by atoms with Crippen LogP contribution in [0.5, 0.6) is 0 Å². The van der Waals surface area contributed by atoms with Gasteiger partial charge in [-0.05, 0) is 35.9 Å². The highest BCUT2D eigenvalue weighted by atomic mass is 16.6. The molecule has 5 rings (SSSR count). The Kier molecular flexibility index (Phi) is 4.64. The number of rotatable bonds is 4. The van der Waals surface area contributed by atoms with Crippen LogP contribution in [0.3, 0.4) is 0 Å². The molecule has 1 amide bonds. The van der Waals surface area contributed by atoms with Gasteiger partial charge in [-0.25, -0.2) is 0 Å². The van der Waals surface area contributed by atoms with Gasteiger partial charge in [-0.2, -0.15) is 5.26 Å². The van der Waals surface area contributed by atoms with E-state index in [9.17, 15) is 20.2 Å². The lowest BCUT2D eigenvalue weighted by Gasteiger charge is -2.38. The number of nitro benzene ring substituents is 1. The molecular weight excluding hydrogens is 406 g/mol. The van der Waals surface area contributed by atoms with Gasteiger partial charge in [0.05, 0.1) is 17.0 Å². The number of pyridine rings is 1. The van der Waals surface area contributed by atoms with Gasteiger partial charge >= 0.3 is 0 Å². The van der Waals surface area contributed by atoms with E-state index in [1.807, 2.05) is 42.5 Å². The summed E-state index contributed by atoms with van der Waals surface area (Å²) in [6.45, 7) is 0.559. The van der Waals surface area contributed by atoms with E-state index in [-0.39, 0.29) is 23.3 Å². The van der Waals surface area contributed by atoms with E-state index >= 15 is 0 Å². The number of nitrogens with zero attached hydrogens (tertiary/aromatic N) is 5. The number of amides is 1. The summed E-state index contributed by atoms with van der Waals surface area (Å²) in [5.41, 5.74) is 3.44. The van der Waals surface area contributed by atoms with Crippen LogP contribution < -0.4 is 9.80 Å². The van der Waals surface area contributed by atoms with Crippen molar-refractivity contribution in [2.45, 2.75) is 18.6 Å². The summed E-state index contributed by atoms with van der Waals surface area (Å²) in [7, 11) is 0. The fourth-order valence-electron chi connectivity index (χ4n) is 4.46. The third kappa shape index (κ3) is 3.08. The first-order valence-electron chi connectivity index (χ1n) is 10.0. The minimum absolute atomic E-state index is 0.0496. The van der Waals surface area contributed by atoms with Gasteiger partial charge in [0.1, 0.15) is 11.6 Å². The summed E-state index contributed by atoms with van der Waals surface area (Å²) in [5.74, 6) is -0.416. The molecule has 2 aromatic carbocycles. The zero-order chi connectivity index (χ0) is 22.2. The van der Waals surface area contributed by atoms with Crippen LogP contribution in [0, 0.1) is 21.4 Å². The van der Waals surface area contributed by atoms with Crippen molar-refractivity contribution in [3.05, 3.63) is 106 Å². The minimum atomic E-state index is -0.480. The first-order valence-corrected chi connectivity index (χ1v) is 10.0. The fraction of sp³-hybridized carbons (Fsp3) is 0.125. The van der Waals surface area contributed by atoms with E-state index in [4.69, 9.17) is 0 Å². The van der Waals surface area contributed by atoms with Crippen LogP contribution in [0.25, 0.3) is 0 Å². The van der Waals surface area contributed by atoms with Crippen LogP contribution in [0.2, 0.25) is 0 Å². The average Bonchev–Trinajstić information content (AvgIpc) is 3.12. The van der Waals surface area contributed by atoms with Gasteiger partial charge in [0, 0.05) is 48.0 Å². The second kappa shape index (κ2) is 7.63. The van der Waals surface area contributed by atoms with Crippen molar-refractivity contribution in [1.29, 1.82) is 5.26 Å². The number of benzene rings is 2. The highest BCUT2D eigenvalue weighted by molar-refractivity contribution is 6.10. The molecule has 2 atom stereocenters. The zero-order valence-corrected chi connectivity index (χ0v) is 16.8. The molecule has 2 aliphatic heterocycles. The average molecular weight is 423 g/mol.